The molecule has 4 rings (SSSR count). The number of halogens is 1. The van der Waals surface area contributed by atoms with Crippen LogP contribution in [0.4, 0.5) is 4.39 Å². The third kappa shape index (κ3) is 5.22. The maximum atomic E-state index is 13.0. The molecule has 3 aromatic rings. The number of nitrogens with one attached hydrogen (secondary N) is 1. The van der Waals surface area contributed by atoms with Gasteiger partial charge in [-0.25, -0.2) is 4.39 Å². The molecule has 1 aliphatic rings. The van der Waals surface area contributed by atoms with Crippen LogP contribution in [-0.2, 0) is 11.4 Å². The Morgan fingerprint density at radius 3 is 2.41 bits per heavy atom. The summed E-state index contributed by atoms with van der Waals surface area (Å²) in [5, 5.41) is 1.08. The summed E-state index contributed by atoms with van der Waals surface area (Å²) in [7, 11) is 0. The quantitative estimate of drug-likeness (QED) is 0.413. The number of amides is 2. The van der Waals surface area contributed by atoms with Crippen molar-refractivity contribution in [2.45, 2.75) is 6.61 Å². The van der Waals surface area contributed by atoms with Gasteiger partial charge in [0.2, 0.25) is 0 Å². The standard InChI is InChI=1S/C24H17FN2O3S2/c25-19-10-6-17(7-11-19)15-30-20-12-8-16(9-13-20)14-21-23(29)27(24(31)32-21)26-22(28)18-4-2-1-3-5-18/h1-14H,15H2,(H,26,28)/b21-14-. The van der Waals surface area contributed by atoms with Crippen molar-refractivity contribution in [2.75, 3.05) is 0 Å². The van der Waals surface area contributed by atoms with Gasteiger partial charge in [-0.3, -0.25) is 15.0 Å². The average Bonchev–Trinajstić information content (AvgIpc) is 3.07. The lowest BCUT2D eigenvalue weighted by Gasteiger charge is -2.15. The topological polar surface area (TPSA) is 58.6 Å². The number of hydrazine groups is 1. The van der Waals surface area contributed by atoms with E-state index in [1.54, 1.807) is 60.7 Å². The van der Waals surface area contributed by atoms with E-state index in [-0.39, 0.29) is 16.0 Å². The fourth-order valence-electron chi connectivity index (χ4n) is 2.88. The van der Waals surface area contributed by atoms with Gasteiger partial charge in [-0.15, -0.1) is 0 Å². The molecule has 1 saturated heterocycles. The lowest BCUT2D eigenvalue weighted by Crippen LogP contribution is -2.44. The fraction of sp³-hybridized carbons (Fsp3) is 0.0417. The summed E-state index contributed by atoms with van der Waals surface area (Å²) < 4.78 is 18.9. The average molecular weight is 465 g/mol. The number of carbonyl (C=O) groups excluding carboxylic acids is 2. The molecule has 32 heavy (non-hydrogen) atoms. The number of ether oxygens (including phenoxy) is 1. The normalized spacial score (nSPS) is 14.7. The highest BCUT2D eigenvalue weighted by atomic mass is 32.2. The molecule has 1 N–H and O–H groups in total. The number of hydrogen-bond acceptors (Lipinski definition) is 5. The van der Waals surface area contributed by atoms with E-state index in [9.17, 15) is 14.0 Å². The molecule has 1 aliphatic heterocycles. The van der Waals surface area contributed by atoms with E-state index >= 15 is 0 Å². The summed E-state index contributed by atoms with van der Waals surface area (Å²) in [4.78, 5) is 25.5. The third-order valence-electron chi connectivity index (χ3n) is 4.54. The Balaban J connectivity index is 1.39. The Bertz CT molecular complexity index is 1180. The molecule has 0 spiro atoms. The van der Waals surface area contributed by atoms with Gasteiger partial charge >= 0.3 is 0 Å². The molecule has 2 amide bonds. The van der Waals surface area contributed by atoms with Crippen molar-refractivity contribution in [1.82, 2.24) is 10.4 Å². The van der Waals surface area contributed by atoms with Crippen LogP contribution in [0.3, 0.4) is 0 Å². The second-order valence-electron chi connectivity index (χ2n) is 6.81. The Hall–Kier alpha value is -3.49. The van der Waals surface area contributed by atoms with E-state index in [2.05, 4.69) is 5.43 Å². The Morgan fingerprint density at radius 2 is 1.72 bits per heavy atom. The van der Waals surface area contributed by atoms with Crippen molar-refractivity contribution in [2.24, 2.45) is 0 Å². The van der Waals surface area contributed by atoms with E-state index in [0.717, 1.165) is 27.9 Å². The molecule has 8 heteroatoms. The van der Waals surface area contributed by atoms with Gasteiger partial charge in [0.15, 0.2) is 4.32 Å². The number of hydrogen-bond donors (Lipinski definition) is 1. The molecule has 0 unspecified atom stereocenters. The molecule has 1 fully saturated rings. The van der Waals surface area contributed by atoms with Crippen LogP contribution in [0.2, 0.25) is 0 Å². The molecule has 0 radical (unpaired) electrons. The SMILES string of the molecule is O=C(NN1C(=O)/C(=C/c2ccc(OCc3ccc(F)cc3)cc2)SC1=S)c1ccccc1. The smallest absolute Gasteiger partial charge is 0.285 e. The van der Waals surface area contributed by atoms with Gasteiger partial charge in [-0.2, -0.15) is 5.01 Å². The van der Waals surface area contributed by atoms with Gasteiger partial charge in [0, 0.05) is 5.56 Å². The zero-order valence-corrected chi connectivity index (χ0v) is 18.3. The molecule has 3 aromatic carbocycles. The molecule has 0 aliphatic carbocycles. The maximum absolute atomic E-state index is 13.0. The third-order valence-corrected chi connectivity index (χ3v) is 5.84. The number of nitrogens with zero attached hydrogens (tertiary/aromatic N) is 1. The first-order valence-electron chi connectivity index (χ1n) is 9.61. The second kappa shape index (κ2) is 9.76. The number of rotatable bonds is 6. The van der Waals surface area contributed by atoms with E-state index in [0.29, 0.717) is 22.8 Å². The number of benzene rings is 3. The molecule has 1 heterocycles. The monoisotopic (exact) mass is 464 g/mol. The van der Waals surface area contributed by atoms with Gasteiger partial charge in [0.1, 0.15) is 18.2 Å². The summed E-state index contributed by atoms with van der Waals surface area (Å²) in [6.45, 7) is 0.319. The van der Waals surface area contributed by atoms with Crippen molar-refractivity contribution >= 4 is 46.2 Å². The van der Waals surface area contributed by atoms with E-state index in [1.165, 1.54) is 12.1 Å². The van der Waals surface area contributed by atoms with Crippen LogP contribution in [0.15, 0.2) is 83.8 Å². The van der Waals surface area contributed by atoms with Crippen LogP contribution in [-0.4, -0.2) is 21.1 Å². The van der Waals surface area contributed by atoms with E-state index < -0.39 is 5.91 Å². The predicted octanol–water partition coefficient (Wildman–Crippen LogP) is 4.95. The van der Waals surface area contributed by atoms with Gasteiger partial charge in [0.05, 0.1) is 4.91 Å². The molecule has 160 valence electrons. The van der Waals surface area contributed by atoms with Gasteiger partial charge in [-0.05, 0) is 65.8 Å². The minimum absolute atomic E-state index is 0.254. The first-order chi connectivity index (χ1) is 15.5. The van der Waals surface area contributed by atoms with E-state index in [1.807, 2.05) is 12.1 Å². The van der Waals surface area contributed by atoms with Crippen molar-refractivity contribution in [3.8, 4) is 5.75 Å². The number of carbonyl (C=O) groups is 2. The fourth-order valence-corrected chi connectivity index (χ4v) is 4.06. The van der Waals surface area contributed by atoms with Crippen LogP contribution >= 0.6 is 24.0 Å². The van der Waals surface area contributed by atoms with Crippen molar-refractivity contribution in [3.05, 3.63) is 106 Å². The van der Waals surface area contributed by atoms with Gasteiger partial charge in [-0.1, -0.05) is 54.2 Å². The summed E-state index contributed by atoms with van der Waals surface area (Å²) in [6.07, 6.45) is 1.71. The van der Waals surface area contributed by atoms with Crippen LogP contribution in [0, 0.1) is 5.82 Å². The summed E-state index contributed by atoms with van der Waals surface area (Å²) in [5.41, 5.74) is 4.63. The van der Waals surface area contributed by atoms with Crippen molar-refractivity contribution < 1.29 is 18.7 Å². The Kier molecular flexibility index (Phi) is 6.63. The highest BCUT2D eigenvalue weighted by Crippen LogP contribution is 2.31. The zero-order valence-electron chi connectivity index (χ0n) is 16.7. The minimum Gasteiger partial charge on any atom is -0.489 e. The first-order valence-corrected chi connectivity index (χ1v) is 10.8. The maximum Gasteiger partial charge on any atom is 0.285 e. The van der Waals surface area contributed by atoms with Crippen molar-refractivity contribution in [1.29, 1.82) is 0 Å². The minimum atomic E-state index is -0.411. The summed E-state index contributed by atoms with van der Waals surface area (Å²) in [5.74, 6) is -0.441. The lowest BCUT2D eigenvalue weighted by molar-refractivity contribution is -0.123. The molecule has 0 bridgehead atoms. The molecular weight excluding hydrogens is 447 g/mol. The van der Waals surface area contributed by atoms with Crippen LogP contribution < -0.4 is 10.2 Å². The zero-order chi connectivity index (χ0) is 22.5. The van der Waals surface area contributed by atoms with Crippen LogP contribution in [0.25, 0.3) is 6.08 Å². The predicted molar refractivity (Wildman–Crippen MR) is 126 cm³/mol. The summed E-state index contributed by atoms with van der Waals surface area (Å²) in [6, 6.07) is 21.9. The van der Waals surface area contributed by atoms with Gasteiger partial charge < -0.3 is 4.74 Å². The summed E-state index contributed by atoms with van der Waals surface area (Å²) >= 11 is 6.38. The number of thioether (sulfide) groups is 1. The highest BCUT2D eigenvalue weighted by molar-refractivity contribution is 8.26. The van der Waals surface area contributed by atoms with E-state index in [4.69, 9.17) is 17.0 Å². The molecule has 5 nitrogen and oxygen atoms in total. The van der Waals surface area contributed by atoms with Crippen LogP contribution in [0.1, 0.15) is 21.5 Å². The van der Waals surface area contributed by atoms with Gasteiger partial charge in [0.25, 0.3) is 11.8 Å². The largest absolute Gasteiger partial charge is 0.489 e. The molecule has 0 saturated carbocycles. The van der Waals surface area contributed by atoms with Crippen LogP contribution in [0.5, 0.6) is 5.75 Å². The Labute approximate surface area is 193 Å². The Morgan fingerprint density at radius 1 is 1.03 bits per heavy atom. The first kappa shape index (κ1) is 21.7. The highest BCUT2D eigenvalue weighted by Gasteiger charge is 2.33. The molecular formula is C24H17FN2O3S2. The second-order valence-corrected chi connectivity index (χ2v) is 8.48. The van der Waals surface area contributed by atoms with Crippen molar-refractivity contribution in [3.63, 3.8) is 0 Å². The molecule has 0 aromatic heterocycles. The number of thiocarbonyl (C=S) groups is 1. The molecule has 0 atom stereocenters. The lowest BCUT2D eigenvalue weighted by atomic mass is 10.2.